The van der Waals surface area contributed by atoms with E-state index in [0.717, 1.165) is 0 Å². The molecule has 0 saturated heterocycles. The molecule has 0 bridgehead atoms. The molecular weight excluding hydrogens is 264 g/mol. The SMILES string of the molecule is CN(C(=O)c1cc(N)cc(Cl)c1)c1cccc(O)c1. The Morgan fingerprint density at radius 1 is 1.26 bits per heavy atom. The maximum Gasteiger partial charge on any atom is 0.258 e. The van der Waals surface area contributed by atoms with Crippen LogP contribution in [0.15, 0.2) is 42.5 Å². The zero-order valence-corrected chi connectivity index (χ0v) is 11.1. The smallest absolute Gasteiger partial charge is 0.258 e. The second-order valence-corrected chi connectivity index (χ2v) is 4.59. The van der Waals surface area contributed by atoms with Crippen LogP contribution >= 0.6 is 11.6 Å². The molecule has 19 heavy (non-hydrogen) atoms. The number of nitrogens with two attached hydrogens (primary N) is 1. The molecule has 0 aliphatic heterocycles. The maximum atomic E-state index is 12.3. The van der Waals surface area contributed by atoms with Crippen LogP contribution in [0.3, 0.4) is 0 Å². The minimum Gasteiger partial charge on any atom is -0.508 e. The molecule has 0 atom stereocenters. The van der Waals surface area contributed by atoms with Crippen molar-refractivity contribution in [3.63, 3.8) is 0 Å². The van der Waals surface area contributed by atoms with Gasteiger partial charge in [0.15, 0.2) is 0 Å². The van der Waals surface area contributed by atoms with Gasteiger partial charge in [0.1, 0.15) is 5.75 Å². The van der Waals surface area contributed by atoms with Gasteiger partial charge in [-0.05, 0) is 30.3 Å². The molecule has 98 valence electrons. The van der Waals surface area contributed by atoms with Gasteiger partial charge in [0.05, 0.1) is 0 Å². The van der Waals surface area contributed by atoms with Crippen molar-refractivity contribution in [1.29, 1.82) is 0 Å². The van der Waals surface area contributed by atoms with Gasteiger partial charge in [0, 0.05) is 35.1 Å². The van der Waals surface area contributed by atoms with Crippen LogP contribution in [-0.4, -0.2) is 18.1 Å². The Labute approximate surface area is 116 Å². The first-order valence-corrected chi connectivity index (χ1v) is 5.98. The molecule has 0 heterocycles. The summed E-state index contributed by atoms with van der Waals surface area (Å²) in [5.41, 5.74) is 7.08. The van der Waals surface area contributed by atoms with Gasteiger partial charge in [0.2, 0.25) is 0 Å². The predicted molar refractivity (Wildman–Crippen MR) is 76.7 cm³/mol. The summed E-state index contributed by atoms with van der Waals surface area (Å²) in [4.78, 5) is 13.7. The molecule has 0 spiro atoms. The molecule has 0 fully saturated rings. The number of halogens is 1. The summed E-state index contributed by atoms with van der Waals surface area (Å²) in [5.74, 6) is -0.150. The van der Waals surface area contributed by atoms with Crippen molar-refractivity contribution in [2.75, 3.05) is 17.7 Å². The normalized spacial score (nSPS) is 10.2. The predicted octanol–water partition coefficient (Wildman–Crippen LogP) is 2.90. The van der Waals surface area contributed by atoms with Crippen molar-refractivity contribution < 1.29 is 9.90 Å². The van der Waals surface area contributed by atoms with E-state index in [1.165, 1.54) is 11.0 Å². The number of nitrogens with zero attached hydrogens (tertiary/aromatic N) is 1. The van der Waals surface area contributed by atoms with Gasteiger partial charge >= 0.3 is 0 Å². The number of nitrogen functional groups attached to an aromatic ring is 1. The fourth-order valence-electron chi connectivity index (χ4n) is 1.75. The van der Waals surface area contributed by atoms with Crippen LogP contribution in [0.2, 0.25) is 5.02 Å². The van der Waals surface area contributed by atoms with Crippen molar-refractivity contribution in [1.82, 2.24) is 0 Å². The number of hydrogen-bond acceptors (Lipinski definition) is 3. The van der Waals surface area contributed by atoms with E-state index in [1.54, 1.807) is 43.4 Å². The number of hydrogen-bond donors (Lipinski definition) is 2. The van der Waals surface area contributed by atoms with E-state index in [9.17, 15) is 9.90 Å². The summed E-state index contributed by atoms with van der Waals surface area (Å²) in [5, 5.41) is 9.83. The lowest BCUT2D eigenvalue weighted by molar-refractivity contribution is 0.0993. The zero-order valence-electron chi connectivity index (χ0n) is 10.3. The molecule has 4 nitrogen and oxygen atoms in total. The van der Waals surface area contributed by atoms with Gasteiger partial charge < -0.3 is 15.7 Å². The third-order valence-corrected chi connectivity index (χ3v) is 2.91. The highest BCUT2D eigenvalue weighted by molar-refractivity contribution is 6.31. The summed E-state index contributed by atoms with van der Waals surface area (Å²) in [7, 11) is 1.62. The van der Waals surface area contributed by atoms with Crippen LogP contribution in [0, 0.1) is 0 Å². The van der Waals surface area contributed by atoms with E-state index in [1.807, 2.05) is 0 Å². The Hall–Kier alpha value is -2.20. The van der Waals surface area contributed by atoms with Crippen LogP contribution in [0.4, 0.5) is 11.4 Å². The van der Waals surface area contributed by atoms with Crippen molar-refractivity contribution in [2.24, 2.45) is 0 Å². The molecule has 0 saturated carbocycles. The largest absolute Gasteiger partial charge is 0.508 e. The number of anilines is 2. The Bertz CT molecular complexity index is 608. The molecule has 0 aliphatic rings. The number of phenolic OH excluding ortho intramolecular Hbond substituents is 1. The molecule has 0 aliphatic carbocycles. The van der Waals surface area contributed by atoms with E-state index in [-0.39, 0.29) is 11.7 Å². The summed E-state index contributed by atoms with van der Waals surface area (Å²) in [6.07, 6.45) is 0. The van der Waals surface area contributed by atoms with Crippen LogP contribution in [0.5, 0.6) is 5.75 Å². The number of aromatic hydroxyl groups is 1. The van der Waals surface area contributed by atoms with E-state index in [2.05, 4.69) is 0 Å². The molecular formula is C14H13ClN2O2. The number of phenols is 1. The highest BCUT2D eigenvalue weighted by Crippen LogP contribution is 2.23. The highest BCUT2D eigenvalue weighted by Gasteiger charge is 2.14. The highest BCUT2D eigenvalue weighted by atomic mass is 35.5. The summed E-state index contributed by atoms with van der Waals surface area (Å²) < 4.78 is 0. The second-order valence-electron chi connectivity index (χ2n) is 4.16. The number of carbonyl (C=O) groups is 1. The van der Waals surface area contributed by atoms with Gasteiger partial charge in [-0.1, -0.05) is 17.7 Å². The summed E-state index contributed by atoms with van der Waals surface area (Å²) in [6, 6.07) is 11.1. The molecule has 2 rings (SSSR count). The first-order valence-electron chi connectivity index (χ1n) is 5.60. The van der Waals surface area contributed by atoms with Crippen LogP contribution in [0.25, 0.3) is 0 Å². The monoisotopic (exact) mass is 276 g/mol. The van der Waals surface area contributed by atoms with Crippen molar-refractivity contribution in [3.05, 3.63) is 53.1 Å². The molecule has 0 radical (unpaired) electrons. The Balaban J connectivity index is 2.33. The fourth-order valence-corrected chi connectivity index (χ4v) is 1.99. The van der Waals surface area contributed by atoms with Gasteiger partial charge in [0.25, 0.3) is 5.91 Å². The minimum atomic E-state index is -0.250. The molecule has 0 aromatic heterocycles. The van der Waals surface area contributed by atoms with E-state index < -0.39 is 0 Å². The summed E-state index contributed by atoms with van der Waals surface area (Å²) in [6.45, 7) is 0. The summed E-state index contributed by atoms with van der Waals surface area (Å²) >= 11 is 5.88. The minimum absolute atomic E-state index is 0.0998. The standard InChI is InChI=1S/C14H13ClN2O2/c1-17(12-3-2-4-13(18)8-12)14(19)9-5-10(15)7-11(16)6-9/h2-8,18H,16H2,1H3. The van der Waals surface area contributed by atoms with Crippen LogP contribution in [-0.2, 0) is 0 Å². The van der Waals surface area contributed by atoms with E-state index >= 15 is 0 Å². The first kappa shape index (κ1) is 13.2. The Kier molecular flexibility index (Phi) is 3.62. The van der Waals surface area contributed by atoms with Gasteiger partial charge in [-0.2, -0.15) is 0 Å². The molecule has 2 aromatic rings. The van der Waals surface area contributed by atoms with Crippen molar-refractivity contribution >= 4 is 28.9 Å². The Morgan fingerprint density at radius 3 is 2.63 bits per heavy atom. The quantitative estimate of drug-likeness (QED) is 0.829. The van der Waals surface area contributed by atoms with E-state index in [0.29, 0.717) is 22.0 Å². The van der Waals surface area contributed by atoms with Crippen LogP contribution < -0.4 is 10.6 Å². The number of amides is 1. The Morgan fingerprint density at radius 2 is 2.00 bits per heavy atom. The molecule has 3 N–H and O–H groups in total. The topological polar surface area (TPSA) is 66.6 Å². The first-order chi connectivity index (χ1) is 8.97. The lowest BCUT2D eigenvalue weighted by Gasteiger charge is -2.18. The third kappa shape index (κ3) is 2.98. The lowest BCUT2D eigenvalue weighted by Crippen LogP contribution is -2.26. The zero-order chi connectivity index (χ0) is 14.0. The van der Waals surface area contributed by atoms with Gasteiger partial charge in [-0.15, -0.1) is 0 Å². The molecule has 0 unspecified atom stereocenters. The fraction of sp³-hybridized carbons (Fsp3) is 0.0714. The second kappa shape index (κ2) is 5.20. The number of rotatable bonds is 2. The molecule has 1 amide bonds. The number of benzene rings is 2. The molecule has 2 aromatic carbocycles. The average Bonchev–Trinajstić information content (AvgIpc) is 2.36. The van der Waals surface area contributed by atoms with Crippen molar-refractivity contribution in [3.8, 4) is 5.75 Å². The molecule has 5 heteroatoms. The maximum absolute atomic E-state index is 12.3. The number of carbonyl (C=O) groups excluding carboxylic acids is 1. The van der Waals surface area contributed by atoms with Gasteiger partial charge in [-0.25, -0.2) is 0 Å². The van der Waals surface area contributed by atoms with E-state index in [4.69, 9.17) is 17.3 Å². The average molecular weight is 277 g/mol. The van der Waals surface area contributed by atoms with Crippen molar-refractivity contribution in [2.45, 2.75) is 0 Å². The van der Waals surface area contributed by atoms with Crippen LogP contribution in [0.1, 0.15) is 10.4 Å². The lowest BCUT2D eigenvalue weighted by atomic mass is 10.1. The van der Waals surface area contributed by atoms with Gasteiger partial charge in [-0.3, -0.25) is 4.79 Å². The third-order valence-electron chi connectivity index (χ3n) is 2.69.